The van der Waals surface area contributed by atoms with Crippen molar-refractivity contribution in [3.8, 4) is 0 Å². The predicted molar refractivity (Wildman–Crippen MR) is 50.4 cm³/mol. The zero-order valence-electron chi connectivity index (χ0n) is 7.53. The molecule has 0 aromatic carbocycles. The molecule has 0 heterocycles. The molecule has 0 unspecified atom stereocenters. The Labute approximate surface area is 109 Å². The van der Waals surface area contributed by atoms with Crippen LogP contribution in [0.2, 0.25) is 0 Å². The zero-order valence-corrected chi connectivity index (χ0v) is 10.3. The smallest absolute Gasteiger partial charge is 0.791 e. The second-order valence-electron chi connectivity index (χ2n) is 2.18. The molecule has 6 nitrogen and oxygen atoms in total. The second kappa shape index (κ2) is 12.2. The topological polar surface area (TPSA) is 132 Å². The maximum Gasteiger partial charge on any atom is 3.00 e. The number of carbonyl (C=O) groups excluding carboxylic acids is 2. The molecule has 0 aromatic rings. The third-order valence-electron chi connectivity index (χ3n) is 0.965. The molecule has 0 spiro atoms. The van der Waals surface area contributed by atoms with Crippen LogP contribution in [0.15, 0.2) is 0 Å². The molecule has 0 saturated heterocycles. The fourth-order valence-electron chi connectivity index (χ4n) is 0.136. The van der Waals surface area contributed by atoms with Crippen molar-refractivity contribution >= 4 is 37.2 Å². The van der Waals surface area contributed by atoms with Crippen molar-refractivity contribution in [2.45, 2.75) is 12.1 Å². The predicted octanol–water partition coefficient (Wildman–Crippen LogP) is -4.78. The van der Waals surface area contributed by atoms with E-state index in [0.29, 0.717) is 0 Å². The van der Waals surface area contributed by atoms with Gasteiger partial charge in [0.25, 0.3) is 0 Å². The van der Waals surface area contributed by atoms with Crippen molar-refractivity contribution in [3.05, 3.63) is 0 Å². The Morgan fingerprint density at radius 1 is 1.00 bits per heavy atom. The third-order valence-corrected chi connectivity index (χ3v) is 1.68. The van der Waals surface area contributed by atoms with E-state index in [1.54, 1.807) is 0 Å². The quantitative estimate of drug-likeness (QED) is 0.390. The normalized spacial score (nSPS) is 12.5. The molecule has 15 heavy (non-hydrogen) atoms. The SMILES string of the molecule is N[C@@H](C[S-])C(=O)[O-].N[C@@H](C[S-])C(=O)[O-].[Fe+3]. The van der Waals surface area contributed by atoms with Gasteiger partial charge in [0, 0.05) is 12.1 Å². The fourth-order valence-corrected chi connectivity index (χ4v) is 0.408. The van der Waals surface area contributed by atoms with Crippen LogP contribution in [0.4, 0.5) is 0 Å². The average Bonchev–Trinajstić information content (AvgIpc) is 2.15. The first kappa shape index (κ1) is 20.5. The minimum atomic E-state index is -1.28. The van der Waals surface area contributed by atoms with Gasteiger partial charge in [-0.1, -0.05) is 0 Å². The van der Waals surface area contributed by atoms with Gasteiger partial charge in [0.05, 0.1) is 11.9 Å². The molecule has 9 heteroatoms. The molecule has 0 aliphatic heterocycles. The molecular formula is C6H10FeN2O4S2-. The number of rotatable bonds is 4. The summed E-state index contributed by atoms with van der Waals surface area (Å²) in [5.74, 6) is -2.53. The summed E-state index contributed by atoms with van der Waals surface area (Å²) < 4.78 is 0. The van der Waals surface area contributed by atoms with Gasteiger partial charge in [-0.15, -0.1) is 0 Å². The summed E-state index contributed by atoms with van der Waals surface area (Å²) in [6.45, 7) is 0. The van der Waals surface area contributed by atoms with Crippen LogP contribution < -0.4 is 21.7 Å². The van der Waals surface area contributed by atoms with Gasteiger partial charge in [-0.2, -0.15) is 11.5 Å². The maximum absolute atomic E-state index is 9.63. The van der Waals surface area contributed by atoms with Crippen molar-refractivity contribution in [3.63, 3.8) is 0 Å². The van der Waals surface area contributed by atoms with Crippen LogP contribution in [0.25, 0.3) is 0 Å². The number of carboxylic acids is 2. The summed E-state index contributed by atoms with van der Waals surface area (Å²) in [7, 11) is 0. The second-order valence-corrected chi connectivity index (χ2v) is 2.85. The van der Waals surface area contributed by atoms with Gasteiger partial charge < -0.3 is 56.5 Å². The molecule has 89 valence electrons. The van der Waals surface area contributed by atoms with E-state index in [1.165, 1.54) is 0 Å². The van der Waals surface area contributed by atoms with E-state index >= 15 is 0 Å². The van der Waals surface area contributed by atoms with Crippen LogP contribution in [0.3, 0.4) is 0 Å². The minimum absolute atomic E-state index is 0. The summed E-state index contributed by atoms with van der Waals surface area (Å²) in [4.78, 5) is 19.3. The zero-order chi connectivity index (χ0) is 11.7. The molecule has 0 aliphatic carbocycles. The first-order valence-corrected chi connectivity index (χ1v) is 4.61. The van der Waals surface area contributed by atoms with Gasteiger partial charge in [0.1, 0.15) is 0 Å². The van der Waals surface area contributed by atoms with E-state index in [0.717, 1.165) is 0 Å². The summed E-state index contributed by atoms with van der Waals surface area (Å²) >= 11 is 8.61. The van der Waals surface area contributed by atoms with Gasteiger partial charge in [0.15, 0.2) is 0 Å². The van der Waals surface area contributed by atoms with Gasteiger partial charge in [0.2, 0.25) is 0 Å². The molecule has 0 bridgehead atoms. The standard InChI is InChI=1S/2C3H7NO2S.Fe/c2*4-2(1-7)3(5)6;/h2*2,7H,1,4H2,(H,5,6);/q;;+3/p-4/t2*2-;/m00./s1. The Morgan fingerprint density at radius 3 is 1.20 bits per heavy atom. The van der Waals surface area contributed by atoms with Crippen LogP contribution in [-0.4, -0.2) is 35.5 Å². The van der Waals surface area contributed by atoms with Gasteiger partial charge >= 0.3 is 17.1 Å². The Kier molecular flexibility index (Phi) is 16.6. The van der Waals surface area contributed by atoms with Gasteiger partial charge in [-0.25, -0.2) is 0 Å². The molecule has 0 saturated carbocycles. The third kappa shape index (κ3) is 14.1. The number of carbonyl (C=O) groups is 2. The van der Waals surface area contributed by atoms with Crippen molar-refractivity contribution in [2.24, 2.45) is 11.5 Å². The van der Waals surface area contributed by atoms with Crippen molar-refractivity contribution < 1.29 is 36.9 Å². The molecule has 0 aliphatic rings. The van der Waals surface area contributed by atoms with Crippen molar-refractivity contribution in [1.29, 1.82) is 0 Å². The van der Waals surface area contributed by atoms with Crippen LogP contribution in [0.1, 0.15) is 0 Å². The van der Waals surface area contributed by atoms with E-state index in [9.17, 15) is 19.8 Å². The Morgan fingerprint density at radius 2 is 1.20 bits per heavy atom. The number of hydrogen-bond donors (Lipinski definition) is 2. The molecule has 0 rings (SSSR count). The number of aliphatic carboxylic acids is 2. The summed E-state index contributed by atoms with van der Waals surface area (Å²) in [6, 6.07) is -1.95. The molecule has 0 fully saturated rings. The van der Waals surface area contributed by atoms with Crippen LogP contribution >= 0.6 is 0 Å². The molecule has 0 aromatic heterocycles. The number of hydrogen-bond acceptors (Lipinski definition) is 8. The van der Waals surface area contributed by atoms with E-state index < -0.39 is 24.0 Å². The van der Waals surface area contributed by atoms with Gasteiger partial charge in [-0.3, -0.25) is 0 Å². The monoisotopic (exact) mass is 294 g/mol. The largest absolute Gasteiger partial charge is 3.00 e. The summed E-state index contributed by atoms with van der Waals surface area (Å²) in [5, 5.41) is 19.3. The molecule has 1 radical (unpaired) electrons. The Balaban J connectivity index is -0.000000180. The molecular weight excluding hydrogens is 284 g/mol. The maximum atomic E-state index is 9.63. The van der Waals surface area contributed by atoms with Crippen LogP contribution in [0.5, 0.6) is 0 Å². The minimum Gasteiger partial charge on any atom is -0.791 e. The molecule has 4 N–H and O–H groups in total. The van der Waals surface area contributed by atoms with Gasteiger partial charge in [-0.05, 0) is 0 Å². The fraction of sp³-hybridized carbons (Fsp3) is 0.667. The number of carboxylic acid groups (broad SMARTS) is 2. The van der Waals surface area contributed by atoms with E-state index in [1.807, 2.05) is 0 Å². The van der Waals surface area contributed by atoms with E-state index in [4.69, 9.17) is 11.5 Å². The van der Waals surface area contributed by atoms with Crippen molar-refractivity contribution in [2.75, 3.05) is 11.5 Å². The summed E-state index contributed by atoms with van der Waals surface area (Å²) in [5.41, 5.74) is 9.70. The molecule has 0 amide bonds. The Hall–Kier alpha value is 0.0795. The van der Waals surface area contributed by atoms with Crippen LogP contribution in [-0.2, 0) is 51.9 Å². The average molecular weight is 294 g/mol. The van der Waals surface area contributed by atoms with Crippen LogP contribution in [0, 0.1) is 0 Å². The number of nitrogens with two attached hydrogens (primary N) is 2. The first-order valence-electron chi connectivity index (χ1n) is 3.45. The first-order chi connectivity index (χ1) is 6.36. The van der Waals surface area contributed by atoms with Crippen molar-refractivity contribution in [1.82, 2.24) is 0 Å². The van der Waals surface area contributed by atoms with E-state index in [2.05, 4.69) is 25.3 Å². The summed E-state index contributed by atoms with van der Waals surface area (Å²) in [6.07, 6.45) is 0. The Bertz CT molecular complexity index is 176. The van der Waals surface area contributed by atoms with E-state index in [-0.39, 0.29) is 28.6 Å². The molecule has 2 atom stereocenters.